The standard InChI is InChI=1S/C13H13Cl2NO3/c1-6(13(18)19)16-12(17)9-5-8(9)7-3-2-4-10(14)11(7)15/h2-4,6,8-9H,5H2,1H3,(H,16,17)(H,18,19)/t6-,8?,9?/m1/s1. The van der Waals surface area contributed by atoms with Crippen LogP contribution in [-0.2, 0) is 9.59 Å². The molecule has 3 atom stereocenters. The third-order valence-electron chi connectivity index (χ3n) is 3.24. The van der Waals surface area contributed by atoms with Gasteiger partial charge in [0, 0.05) is 5.92 Å². The van der Waals surface area contributed by atoms with Crippen molar-refractivity contribution in [3.63, 3.8) is 0 Å². The van der Waals surface area contributed by atoms with Crippen molar-refractivity contribution in [2.45, 2.75) is 25.3 Å². The molecule has 0 heterocycles. The molecule has 1 aromatic rings. The second-order valence-electron chi connectivity index (χ2n) is 4.66. The van der Waals surface area contributed by atoms with Gasteiger partial charge in [0.2, 0.25) is 5.91 Å². The summed E-state index contributed by atoms with van der Waals surface area (Å²) in [6.07, 6.45) is 0.665. The zero-order valence-corrected chi connectivity index (χ0v) is 11.7. The van der Waals surface area contributed by atoms with Crippen LogP contribution >= 0.6 is 23.2 Å². The van der Waals surface area contributed by atoms with Crippen LogP contribution in [0.2, 0.25) is 10.0 Å². The van der Waals surface area contributed by atoms with Gasteiger partial charge < -0.3 is 10.4 Å². The lowest BCUT2D eigenvalue weighted by atomic mass is 10.1. The van der Waals surface area contributed by atoms with Crippen molar-refractivity contribution in [1.29, 1.82) is 0 Å². The number of rotatable bonds is 4. The van der Waals surface area contributed by atoms with Gasteiger partial charge in [-0.15, -0.1) is 0 Å². The summed E-state index contributed by atoms with van der Waals surface area (Å²) in [5.41, 5.74) is 0.845. The van der Waals surface area contributed by atoms with E-state index < -0.39 is 12.0 Å². The SMILES string of the molecule is C[C@@H](NC(=O)C1CC1c1cccc(Cl)c1Cl)C(=O)O. The molecule has 0 bridgehead atoms. The fourth-order valence-electron chi connectivity index (χ4n) is 2.02. The lowest BCUT2D eigenvalue weighted by Gasteiger charge is -2.09. The molecule has 1 aliphatic rings. The molecule has 2 N–H and O–H groups in total. The molecule has 2 rings (SSSR count). The van der Waals surface area contributed by atoms with E-state index in [4.69, 9.17) is 28.3 Å². The third kappa shape index (κ3) is 3.01. The molecule has 1 fully saturated rings. The van der Waals surface area contributed by atoms with Gasteiger partial charge in [-0.2, -0.15) is 0 Å². The first kappa shape index (κ1) is 14.2. The highest BCUT2D eigenvalue weighted by Gasteiger charge is 2.45. The minimum atomic E-state index is -1.05. The van der Waals surface area contributed by atoms with E-state index in [1.54, 1.807) is 12.1 Å². The highest BCUT2D eigenvalue weighted by molar-refractivity contribution is 6.42. The Labute approximate surface area is 120 Å². The summed E-state index contributed by atoms with van der Waals surface area (Å²) in [7, 11) is 0. The highest BCUT2D eigenvalue weighted by atomic mass is 35.5. The van der Waals surface area contributed by atoms with Crippen molar-refractivity contribution >= 4 is 35.1 Å². The van der Waals surface area contributed by atoms with E-state index in [0.717, 1.165) is 5.56 Å². The van der Waals surface area contributed by atoms with Gasteiger partial charge in [-0.05, 0) is 30.9 Å². The molecule has 0 aromatic heterocycles. The van der Waals surface area contributed by atoms with Crippen molar-refractivity contribution in [2.24, 2.45) is 5.92 Å². The first-order chi connectivity index (χ1) is 8.91. The Bertz CT molecular complexity index is 533. The molecule has 1 aromatic carbocycles. The predicted molar refractivity (Wildman–Crippen MR) is 72.6 cm³/mol. The third-order valence-corrected chi connectivity index (χ3v) is 4.07. The zero-order chi connectivity index (χ0) is 14.2. The van der Waals surface area contributed by atoms with E-state index in [1.165, 1.54) is 6.92 Å². The van der Waals surface area contributed by atoms with E-state index in [1.807, 2.05) is 6.07 Å². The van der Waals surface area contributed by atoms with Crippen LogP contribution in [0.4, 0.5) is 0 Å². The van der Waals surface area contributed by atoms with Gasteiger partial charge in [-0.1, -0.05) is 35.3 Å². The van der Waals surface area contributed by atoms with Crippen molar-refractivity contribution in [3.05, 3.63) is 33.8 Å². The number of carboxylic acid groups (broad SMARTS) is 1. The average molecular weight is 302 g/mol. The van der Waals surface area contributed by atoms with Crippen molar-refractivity contribution < 1.29 is 14.7 Å². The number of halogens is 2. The summed E-state index contributed by atoms with van der Waals surface area (Å²) >= 11 is 12.0. The van der Waals surface area contributed by atoms with Crippen LogP contribution in [0.1, 0.15) is 24.8 Å². The largest absolute Gasteiger partial charge is 0.480 e. The number of carbonyl (C=O) groups is 2. The van der Waals surface area contributed by atoms with Gasteiger partial charge >= 0.3 is 5.97 Å². The summed E-state index contributed by atoms with van der Waals surface area (Å²) < 4.78 is 0. The Morgan fingerprint density at radius 2 is 2.11 bits per heavy atom. The lowest BCUT2D eigenvalue weighted by molar-refractivity contribution is -0.141. The molecule has 4 nitrogen and oxygen atoms in total. The molecule has 0 radical (unpaired) electrons. The molecular formula is C13H13Cl2NO3. The Hall–Kier alpha value is -1.26. The minimum Gasteiger partial charge on any atom is -0.480 e. The zero-order valence-electron chi connectivity index (χ0n) is 10.2. The summed E-state index contributed by atoms with van der Waals surface area (Å²) in [6, 6.07) is 4.43. The lowest BCUT2D eigenvalue weighted by Crippen LogP contribution is -2.39. The van der Waals surface area contributed by atoms with Gasteiger partial charge in [0.25, 0.3) is 0 Å². The summed E-state index contributed by atoms with van der Waals surface area (Å²) in [5.74, 6) is -1.51. The Kier molecular flexibility index (Phi) is 4.02. The predicted octanol–water partition coefficient (Wildman–Crippen LogP) is 2.69. The van der Waals surface area contributed by atoms with Gasteiger partial charge in [0.1, 0.15) is 6.04 Å². The fraction of sp³-hybridized carbons (Fsp3) is 0.385. The molecule has 1 saturated carbocycles. The molecule has 102 valence electrons. The molecule has 1 amide bonds. The minimum absolute atomic E-state index is 0.0206. The van der Waals surface area contributed by atoms with E-state index in [-0.39, 0.29) is 17.7 Å². The molecule has 1 aliphatic carbocycles. The summed E-state index contributed by atoms with van der Waals surface area (Å²) in [5, 5.41) is 12.1. The number of hydrogen-bond donors (Lipinski definition) is 2. The number of aliphatic carboxylic acids is 1. The fourth-order valence-corrected chi connectivity index (χ4v) is 2.47. The summed E-state index contributed by atoms with van der Waals surface area (Å²) in [6.45, 7) is 1.43. The van der Waals surface area contributed by atoms with Crippen LogP contribution in [0.25, 0.3) is 0 Å². The second kappa shape index (κ2) is 5.39. The quantitative estimate of drug-likeness (QED) is 0.898. The number of nitrogens with one attached hydrogen (secondary N) is 1. The van der Waals surface area contributed by atoms with Crippen molar-refractivity contribution in [2.75, 3.05) is 0 Å². The molecule has 0 spiro atoms. The first-order valence-electron chi connectivity index (χ1n) is 5.89. The number of carboxylic acids is 1. The van der Waals surface area contributed by atoms with Crippen LogP contribution < -0.4 is 5.32 Å². The molecular weight excluding hydrogens is 289 g/mol. The van der Waals surface area contributed by atoms with Crippen molar-refractivity contribution in [3.8, 4) is 0 Å². The smallest absolute Gasteiger partial charge is 0.325 e. The van der Waals surface area contributed by atoms with Crippen LogP contribution in [-0.4, -0.2) is 23.0 Å². The molecule has 2 unspecified atom stereocenters. The number of amides is 1. The Morgan fingerprint density at radius 3 is 2.74 bits per heavy atom. The van der Waals surface area contributed by atoms with Gasteiger partial charge in [-0.25, -0.2) is 0 Å². The molecule has 6 heteroatoms. The topological polar surface area (TPSA) is 66.4 Å². The number of carbonyl (C=O) groups excluding carboxylic acids is 1. The van der Waals surface area contributed by atoms with E-state index >= 15 is 0 Å². The van der Waals surface area contributed by atoms with E-state index in [0.29, 0.717) is 16.5 Å². The maximum atomic E-state index is 11.8. The number of benzene rings is 1. The van der Waals surface area contributed by atoms with E-state index in [2.05, 4.69) is 5.32 Å². The Balaban J connectivity index is 2.03. The number of hydrogen-bond acceptors (Lipinski definition) is 2. The van der Waals surface area contributed by atoms with Gasteiger partial charge in [-0.3, -0.25) is 9.59 Å². The first-order valence-corrected chi connectivity index (χ1v) is 6.64. The van der Waals surface area contributed by atoms with Gasteiger partial charge in [0.15, 0.2) is 0 Å². The Morgan fingerprint density at radius 1 is 1.42 bits per heavy atom. The van der Waals surface area contributed by atoms with Crippen LogP contribution in [0.5, 0.6) is 0 Å². The van der Waals surface area contributed by atoms with Crippen LogP contribution in [0, 0.1) is 5.92 Å². The molecule has 0 saturated heterocycles. The van der Waals surface area contributed by atoms with Crippen LogP contribution in [0.3, 0.4) is 0 Å². The maximum Gasteiger partial charge on any atom is 0.325 e. The average Bonchev–Trinajstić information content (AvgIpc) is 3.12. The van der Waals surface area contributed by atoms with Gasteiger partial charge in [0.05, 0.1) is 10.0 Å². The monoisotopic (exact) mass is 301 g/mol. The maximum absolute atomic E-state index is 11.8. The highest BCUT2D eigenvalue weighted by Crippen LogP contribution is 2.50. The summed E-state index contributed by atoms with van der Waals surface area (Å²) in [4.78, 5) is 22.5. The van der Waals surface area contributed by atoms with Crippen molar-refractivity contribution in [1.82, 2.24) is 5.32 Å². The second-order valence-corrected chi connectivity index (χ2v) is 5.45. The van der Waals surface area contributed by atoms with E-state index in [9.17, 15) is 9.59 Å². The normalized spacial score (nSPS) is 22.7. The molecule has 0 aliphatic heterocycles. The molecule has 19 heavy (non-hydrogen) atoms. The van der Waals surface area contributed by atoms with Crippen LogP contribution in [0.15, 0.2) is 18.2 Å².